The molecule has 0 aromatic rings. The zero-order valence-electron chi connectivity index (χ0n) is 37.8. The topological polar surface area (TPSA) is 55.8 Å². The van der Waals surface area contributed by atoms with Crippen LogP contribution in [0.4, 0.5) is 0 Å². The van der Waals surface area contributed by atoms with E-state index in [0.717, 1.165) is 18.8 Å². The molecule has 0 aromatic carbocycles. The molecule has 0 aromatic heterocycles. The molecular formula is C49H97NO4. The van der Waals surface area contributed by atoms with Crippen LogP contribution in [-0.2, 0) is 19.1 Å². The lowest BCUT2D eigenvalue weighted by molar-refractivity contribution is -0.146. The van der Waals surface area contributed by atoms with Crippen molar-refractivity contribution in [2.24, 2.45) is 17.8 Å². The number of carbonyl (C=O) groups excluding carboxylic acids is 2. The number of hydrogen-bond donors (Lipinski definition) is 0. The highest BCUT2D eigenvalue weighted by Gasteiger charge is 2.16. The maximum atomic E-state index is 12.5. The van der Waals surface area contributed by atoms with E-state index in [4.69, 9.17) is 9.47 Å². The second-order valence-electron chi connectivity index (χ2n) is 17.6. The largest absolute Gasteiger partial charge is 0.466 e. The summed E-state index contributed by atoms with van der Waals surface area (Å²) < 4.78 is 11.3. The van der Waals surface area contributed by atoms with Crippen molar-refractivity contribution in [3.8, 4) is 0 Å². The molecule has 0 heterocycles. The number of ether oxygens (including phenoxy) is 2. The summed E-state index contributed by atoms with van der Waals surface area (Å²) in [6.45, 7) is 16.0. The maximum Gasteiger partial charge on any atom is 0.306 e. The average Bonchev–Trinajstić information content (AvgIpc) is 3.15. The van der Waals surface area contributed by atoms with Gasteiger partial charge in [-0.1, -0.05) is 182 Å². The lowest BCUT2D eigenvalue weighted by atomic mass is 9.91. The summed E-state index contributed by atoms with van der Waals surface area (Å²) in [5.74, 6) is 1.94. The predicted molar refractivity (Wildman–Crippen MR) is 235 cm³/mol. The van der Waals surface area contributed by atoms with E-state index in [0.29, 0.717) is 43.9 Å². The molecule has 322 valence electrons. The van der Waals surface area contributed by atoms with Crippen molar-refractivity contribution in [2.45, 2.75) is 259 Å². The van der Waals surface area contributed by atoms with Gasteiger partial charge in [-0.2, -0.15) is 0 Å². The Morgan fingerprint density at radius 1 is 0.407 bits per heavy atom. The van der Waals surface area contributed by atoms with Crippen LogP contribution in [0, 0.1) is 17.8 Å². The Labute approximate surface area is 339 Å². The molecule has 5 nitrogen and oxygen atoms in total. The standard InChI is InChI=1S/C49H97NO4/c1-8-12-24-34-46(35-25-13-9-2)42-48(51)53-40-30-22-18-16-20-28-32-45(38-39-50(7)44(5)6)33-29-21-17-19-23-31-41-54-49(52)43-47(36-26-14-10-3)37-27-15-11-4/h44-47H,8-43H2,1-7H3. The first-order valence-electron chi connectivity index (χ1n) is 24.3. The average molecular weight is 764 g/mol. The van der Waals surface area contributed by atoms with Crippen molar-refractivity contribution in [3.63, 3.8) is 0 Å². The first kappa shape index (κ1) is 52.9. The van der Waals surface area contributed by atoms with Gasteiger partial charge in [-0.25, -0.2) is 0 Å². The molecule has 0 rings (SSSR count). The minimum absolute atomic E-state index is 0.0366. The monoisotopic (exact) mass is 764 g/mol. The van der Waals surface area contributed by atoms with Crippen molar-refractivity contribution < 1.29 is 19.1 Å². The Kier molecular flexibility index (Phi) is 39.3. The van der Waals surface area contributed by atoms with Crippen LogP contribution in [0.3, 0.4) is 0 Å². The van der Waals surface area contributed by atoms with Crippen LogP contribution in [-0.4, -0.2) is 49.7 Å². The molecule has 0 unspecified atom stereocenters. The fraction of sp³-hybridized carbons (Fsp3) is 0.959. The van der Waals surface area contributed by atoms with Crippen molar-refractivity contribution in [1.29, 1.82) is 0 Å². The van der Waals surface area contributed by atoms with E-state index < -0.39 is 0 Å². The van der Waals surface area contributed by atoms with Gasteiger partial charge in [-0.15, -0.1) is 0 Å². The van der Waals surface area contributed by atoms with Gasteiger partial charge in [0.15, 0.2) is 0 Å². The van der Waals surface area contributed by atoms with Crippen molar-refractivity contribution in [1.82, 2.24) is 4.90 Å². The van der Waals surface area contributed by atoms with Crippen LogP contribution < -0.4 is 0 Å². The summed E-state index contributed by atoms with van der Waals surface area (Å²) in [4.78, 5) is 27.5. The van der Waals surface area contributed by atoms with Crippen LogP contribution in [0.5, 0.6) is 0 Å². The van der Waals surface area contributed by atoms with E-state index in [2.05, 4.69) is 53.5 Å². The number of esters is 2. The van der Waals surface area contributed by atoms with Crippen molar-refractivity contribution in [3.05, 3.63) is 0 Å². The van der Waals surface area contributed by atoms with Crippen molar-refractivity contribution in [2.75, 3.05) is 26.8 Å². The quantitative estimate of drug-likeness (QED) is 0.0458. The molecule has 5 heteroatoms. The van der Waals surface area contributed by atoms with Crippen LogP contribution in [0.2, 0.25) is 0 Å². The number of carbonyl (C=O) groups is 2. The normalized spacial score (nSPS) is 11.9. The van der Waals surface area contributed by atoms with Gasteiger partial charge in [0.2, 0.25) is 0 Å². The zero-order chi connectivity index (χ0) is 39.9. The van der Waals surface area contributed by atoms with Gasteiger partial charge in [-0.05, 0) is 90.1 Å². The lowest BCUT2D eigenvalue weighted by Gasteiger charge is -2.24. The second kappa shape index (κ2) is 40.1. The first-order chi connectivity index (χ1) is 26.3. The third-order valence-corrected chi connectivity index (χ3v) is 12.1. The highest BCUT2D eigenvalue weighted by atomic mass is 16.5. The summed E-state index contributed by atoms with van der Waals surface area (Å²) in [5.41, 5.74) is 0. The molecular weight excluding hydrogens is 667 g/mol. The molecule has 0 aliphatic heterocycles. The Balaban J connectivity index is 4.19. The van der Waals surface area contributed by atoms with Gasteiger partial charge >= 0.3 is 11.9 Å². The second-order valence-corrected chi connectivity index (χ2v) is 17.6. The molecule has 0 spiro atoms. The summed E-state index contributed by atoms with van der Waals surface area (Å²) in [5, 5.41) is 0. The fourth-order valence-electron chi connectivity index (χ4n) is 7.95. The highest BCUT2D eigenvalue weighted by Crippen LogP contribution is 2.25. The third-order valence-electron chi connectivity index (χ3n) is 12.1. The Morgan fingerprint density at radius 3 is 1.04 bits per heavy atom. The van der Waals surface area contributed by atoms with E-state index >= 15 is 0 Å². The van der Waals surface area contributed by atoms with Gasteiger partial charge in [0, 0.05) is 18.9 Å². The maximum absolute atomic E-state index is 12.5. The van der Waals surface area contributed by atoms with Gasteiger partial charge < -0.3 is 14.4 Å². The summed E-state index contributed by atoms with van der Waals surface area (Å²) in [6, 6.07) is 0.611. The number of hydrogen-bond acceptors (Lipinski definition) is 5. The Morgan fingerprint density at radius 2 is 0.704 bits per heavy atom. The van der Waals surface area contributed by atoms with E-state index in [1.807, 2.05) is 0 Å². The Hall–Kier alpha value is -1.10. The summed E-state index contributed by atoms with van der Waals surface area (Å²) in [7, 11) is 2.27. The van der Waals surface area contributed by atoms with Crippen LogP contribution in [0.25, 0.3) is 0 Å². The molecule has 0 N–H and O–H groups in total. The minimum atomic E-state index is 0.0366. The fourth-order valence-corrected chi connectivity index (χ4v) is 7.95. The van der Waals surface area contributed by atoms with E-state index in [1.54, 1.807) is 0 Å². The van der Waals surface area contributed by atoms with Crippen molar-refractivity contribution >= 4 is 11.9 Å². The molecule has 54 heavy (non-hydrogen) atoms. The summed E-state index contributed by atoms with van der Waals surface area (Å²) >= 11 is 0. The van der Waals surface area contributed by atoms with Crippen LogP contribution in [0.1, 0.15) is 253 Å². The molecule has 0 atom stereocenters. The van der Waals surface area contributed by atoms with Gasteiger partial charge in [0.05, 0.1) is 13.2 Å². The molecule has 0 saturated heterocycles. The van der Waals surface area contributed by atoms with E-state index in [9.17, 15) is 9.59 Å². The highest BCUT2D eigenvalue weighted by molar-refractivity contribution is 5.70. The minimum Gasteiger partial charge on any atom is -0.466 e. The first-order valence-corrected chi connectivity index (χ1v) is 24.3. The molecule has 0 radical (unpaired) electrons. The number of unbranched alkanes of at least 4 members (excludes halogenated alkanes) is 18. The molecule has 0 amide bonds. The molecule has 0 saturated carbocycles. The number of rotatable bonds is 42. The molecule has 0 aliphatic rings. The molecule has 0 fully saturated rings. The van der Waals surface area contributed by atoms with E-state index in [-0.39, 0.29) is 11.9 Å². The van der Waals surface area contributed by atoms with Gasteiger partial charge in [0.1, 0.15) is 0 Å². The third kappa shape index (κ3) is 35.3. The van der Waals surface area contributed by atoms with E-state index in [1.165, 1.54) is 193 Å². The van der Waals surface area contributed by atoms with Gasteiger partial charge in [0.25, 0.3) is 0 Å². The smallest absolute Gasteiger partial charge is 0.306 e. The Bertz CT molecular complexity index is 725. The van der Waals surface area contributed by atoms with Crippen LogP contribution >= 0.6 is 0 Å². The molecule has 0 aliphatic carbocycles. The zero-order valence-corrected chi connectivity index (χ0v) is 37.8. The van der Waals surface area contributed by atoms with Crippen LogP contribution in [0.15, 0.2) is 0 Å². The predicted octanol–water partition coefficient (Wildman–Crippen LogP) is 15.2. The van der Waals surface area contributed by atoms with Gasteiger partial charge in [-0.3, -0.25) is 9.59 Å². The SMILES string of the molecule is CCCCCC(CCCCC)CC(=O)OCCCCCCCCC(CCCCCCCCOC(=O)CC(CCCCC)CCCCC)CCN(C)C(C)C. The summed E-state index contributed by atoms with van der Waals surface area (Å²) in [6.07, 6.45) is 39.9. The molecule has 0 bridgehead atoms. The number of nitrogens with zero attached hydrogens (tertiary/aromatic N) is 1. The lowest BCUT2D eigenvalue weighted by Crippen LogP contribution is -2.28.